The van der Waals surface area contributed by atoms with Gasteiger partial charge in [0.25, 0.3) is 0 Å². The van der Waals surface area contributed by atoms with Crippen LogP contribution in [0.1, 0.15) is 37.8 Å². The number of ether oxygens (including phenoxy) is 3. The summed E-state index contributed by atoms with van der Waals surface area (Å²) < 4.78 is 15.1. The van der Waals surface area contributed by atoms with Crippen LogP contribution in [0, 0.1) is 0 Å². The maximum Gasteiger partial charge on any atom is 0.307 e. The maximum absolute atomic E-state index is 11.9. The van der Waals surface area contributed by atoms with Crippen molar-refractivity contribution in [2.45, 2.75) is 32.2 Å². The Bertz CT molecular complexity index is 515. The molecule has 0 heterocycles. The number of carbonyl (C=O) groups is 2. The topological polar surface area (TPSA) is 73.9 Å². The van der Waals surface area contributed by atoms with Crippen LogP contribution in [0.15, 0.2) is 18.2 Å². The van der Waals surface area contributed by atoms with Crippen molar-refractivity contribution in [2.75, 3.05) is 21.3 Å². The molecule has 0 saturated carbocycles. The highest BCUT2D eigenvalue weighted by atomic mass is 16.5. The van der Waals surface area contributed by atoms with E-state index in [0.717, 1.165) is 12.0 Å². The normalized spacial score (nSPS) is 11.5. The number of hydrogen-bond donors (Lipinski definition) is 1. The van der Waals surface area contributed by atoms with Gasteiger partial charge in [0.1, 0.15) is 0 Å². The second-order valence-electron chi connectivity index (χ2n) is 4.76. The molecular weight excluding hydrogens is 286 g/mol. The predicted octanol–water partition coefficient (Wildman–Crippen LogP) is 2.22. The smallest absolute Gasteiger partial charge is 0.307 e. The lowest BCUT2D eigenvalue weighted by Gasteiger charge is -2.19. The summed E-state index contributed by atoms with van der Waals surface area (Å²) in [5.41, 5.74) is 0.757. The molecule has 0 aromatic heterocycles. The van der Waals surface area contributed by atoms with E-state index in [2.05, 4.69) is 5.32 Å². The van der Waals surface area contributed by atoms with Crippen LogP contribution < -0.4 is 14.8 Å². The maximum atomic E-state index is 11.9. The number of methoxy groups -OCH3 is 3. The Morgan fingerprint density at radius 3 is 2.36 bits per heavy atom. The first-order valence-electron chi connectivity index (χ1n) is 7.13. The average Bonchev–Trinajstić information content (AvgIpc) is 2.53. The lowest BCUT2D eigenvalue weighted by atomic mass is 10.0. The van der Waals surface area contributed by atoms with Crippen LogP contribution in [0.4, 0.5) is 0 Å². The molecule has 1 amide bonds. The van der Waals surface area contributed by atoms with Crippen LogP contribution in [0.5, 0.6) is 11.5 Å². The standard InChI is InChI=1S/C16H23NO5/c1-5-6-15(18)17-12(10-16(19)22-4)11-7-8-13(20-2)14(9-11)21-3/h7-9,12H,5-6,10H2,1-4H3,(H,17,18). The van der Waals surface area contributed by atoms with Crippen LogP contribution in [-0.2, 0) is 14.3 Å². The molecule has 0 saturated heterocycles. The molecule has 122 valence electrons. The largest absolute Gasteiger partial charge is 0.493 e. The molecular formula is C16H23NO5. The summed E-state index contributed by atoms with van der Waals surface area (Å²) in [6, 6.07) is 4.82. The highest BCUT2D eigenvalue weighted by Gasteiger charge is 2.20. The first-order chi connectivity index (χ1) is 10.5. The zero-order valence-electron chi connectivity index (χ0n) is 13.5. The van der Waals surface area contributed by atoms with Crippen molar-refractivity contribution in [3.05, 3.63) is 23.8 Å². The minimum absolute atomic E-state index is 0.0570. The van der Waals surface area contributed by atoms with Crippen molar-refractivity contribution in [2.24, 2.45) is 0 Å². The van der Waals surface area contributed by atoms with Gasteiger partial charge in [-0.15, -0.1) is 0 Å². The van der Waals surface area contributed by atoms with Crippen molar-refractivity contribution < 1.29 is 23.8 Å². The van der Waals surface area contributed by atoms with E-state index in [1.165, 1.54) is 14.2 Å². The fraction of sp³-hybridized carbons (Fsp3) is 0.500. The highest BCUT2D eigenvalue weighted by molar-refractivity contribution is 5.78. The number of hydrogen-bond acceptors (Lipinski definition) is 5. The van der Waals surface area contributed by atoms with E-state index in [0.29, 0.717) is 17.9 Å². The SMILES string of the molecule is CCCC(=O)NC(CC(=O)OC)c1ccc(OC)c(OC)c1. The lowest BCUT2D eigenvalue weighted by Crippen LogP contribution is -2.30. The Labute approximate surface area is 130 Å². The quantitative estimate of drug-likeness (QED) is 0.745. The third-order valence-corrected chi connectivity index (χ3v) is 3.22. The van der Waals surface area contributed by atoms with E-state index in [4.69, 9.17) is 14.2 Å². The van der Waals surface area contributed by atoms with Gasteiger partial charge >= 0.3 is 5.97 Å². The number of rotatable bonds is 8. The Balaban J connectivity index is 3.03. The van der Waals surface area contributed by atoms with E-state index >= 15 is 0 Å². The van der Waals surface area contributed by atoms with Gasteiger partial charge in [-0.25, -0.2) is 0 Å². The van der Waals surface area contributed by atoms with Gasteiger partial charge in [0.05, 0.1) is 33.8 Å². The number of nitrogens with one attached hydrogen (secondary N) is 1. The number of benzene rings is 1. The fourth-order valence-electron chi connectivity index (χ4n) is 2.07. The van der Waals surface area contributed by atoms with Gasteiger partial charge in [-0.3, -0.25) is 9.59 Å². The number of amides is 1. The fourth-order valence-corrected chi connectivity index (χ4v) is 2.07. The summed E-state index contributed by atoms with van der Waals surface area (Å²) in [5.74, 6) is 0.630. The van der Waals surface area contributed by atoms with Crippen molar-refractivity contribution in [3.8, 4) is 11.5 Å². The lowest BCUT2D eigenvalue weighted by molar-refractivity contribution is -0.141. The van der Waals surface area contributed by atoms with E-state index in [1.807, 2.05) is 6.92 Å². The molecule has 22 heavy (non-hydrogen) atoms. The number of esters is 1. The molecule has 6 heteroatoms. The third kappa shape index (κ3) is 4.95. The molecule has 1 N–H and O–H groups in total. The van der Waals surface area contributed by atoms with Gasteiger partial charge in [0.15, 0.2) is 11.5 Å². The van der Waals surface area contributed by atoms with Crippen LogP contribution >= 0.6 is 0 Å². The Kier molecular flexibility index (Phi) is 7.22. The molecule has 1 atom stereocenters. The molecule has 0 bridgehead atoms. The van der Waals surface area contributed by atoms with E-state index < -0.39 is 12.0 Å². The van der Waals surface area contributed by atoms with Crippen LogP contribution in [0.2, 0.25) is 0 Å². The summed E-state index contributed by atoms with van der Waals surface area (Å²) in [6.07, 6.45) is 1.20. The van der Waals surface area contributed by atoms with Gasteiger partial charge < -0.3 is 19.5 Å². The van der Waals surface area contributed by atoms with Crippen molar-refractivity contribution >= 4 is 11.9 Å². The van der Waals surface area contributed by atoms with E-state index in [-0.39, 0.29) is 12.3 Å². The second-order valence-corrected chi connectivity index (χ2v) is 4.76. The minimum Gasteiger partial charge on any atom is -0.493 e. The van der Waals surface area contributed by atoms with E-state index in [1.54, 1.807) is 25.3 Å². The molecule has 1 rings (SSSR count). The molecule has 0 aliphatic heterocycles. The Hall–Kier alpha value is -2.24. The van der Waals surface area contributed by atoms with E-state index in [9.17, 15) is 9.59 Å². The molecule has 1 aromatic carbocycles. The zero-order chi connectivity index (χ0) is 16.5. The van der Waals surface area contributed by atoms with Crippen molar-refractivity contribution in [1.29, 1.82) is 0 Å². The minimum atomic E-state index is -0.466. The molecule has 0 aliphatic carbocycles. The second kappa shape index (κ2) is 8.92. The molecule has 0 radical (unpaired) electrons. The predicted molar refractivity (Wildman–Crippen MR) is 82.0 cm³/mol. The van der Waals surface area contributed by atoms with Gasteiger partial charge in [-0.1, -0.05) is 13.0 Å². The van der Waals surface area contributed by atoms with Crippen LogP contribution in [0.25, 0.3) is 0 Å². The first kappa shape index (κ1) is 17.8. The molecule has 1 unspecified atom stereocenters. The van der Waals surface area contributed by atoms with Gasteiger partial charge in [0.2, 0.25) is 5.91 Å². The van der Waals surface area contributed by atoms with Crippen LogP contribution in [0.3, 0.4) is 0 Å². The van der Waals surface area contributed by atoms with Gasteiger partial charge in [-0.2, -0.15) is 0 Å². The van der Waals surface area contributed by atoms with Crippen molar-refractivity contribution in [1.82, 2.24) is 5.32 Å². The summed E-state index contributed by atoms with van der Waals surface area (Å²) in [7, 11) is 4.40. The monoisotopic (exact) mass is 309 g/mol. The molecule has 0 spiro atoms. The number of carbonyl (C=O) groups excluding carboxylic acids is 2. The summed E-state index contributed by atoms with van der Waals surface area (Å²) in [4.78, 5) is 23.4. The van der Waals surface area contributed by atoms with Gasteiger partial charge in [0, 0.05) is 6.42 Å². The average molecular weight is 309 g/mol. The Morgan fingerprint density at radius 2 is 1.82 bits per heavy atom. The van der Waals surface area contributed by atoms with Crippen LogP contribution in [-0.4, -0.2) is 33.2 Å². The molecule has 0 fully saturated rings. The Morgan fingerprint density at radius 1 is 1.14 bits per heavy atom. The zero-order valence-corrected chi connectivity index (χ0v) is 13.5. The highest BCUT2D eigenvalue weighted by Crippen LogP contribution is 2.31. The summed E-state index contributed by atoms with van der Waals surface area (Å²) in [5, 5.41) is 2.85. The summed E-state index contributed by atoms with van der Waals surface area (Å²) in [6.45, 7) is 1.92. The third-order valence-electron chi connectivity index (χ3n) is 3.22. The van der Waals surface area contributed by atoms with Crippen molar-refractivity contribution in [3.63, 3.8) is 0 Å². The summed E-state index contributed by atoms with van der Waals surface area (Å²) >= 11 is 0. The van der Waals surface area contributed by atoms with Gasteiger partial charge in [-0.05, 0) is 24.1 Å². The molecule has 6 nitrogen and oxygen atoms in total. The molecule has 1 aromatic rings. The first-order valence-corrected chi connectivity index (χ1v) is 7.13. The molecule has 0 aliphatic rings.